The summed E-state index contributed by atoms with van der Waals surface area (Å²) < 4.78 is 0. The van der Waals surface area contributed by atoms with Gasteiger partial charge in [-0.15, -0.1) is 0 Å². The molecule has 0 aliphatic rings. The van der Waals surface area contributed by atoms with E-state index in [4.69, 9.17) is 61.2 Å². The van der Waals surface area contributed by atoms with E-state index in [0.717, 1.165) is 23.9 Å². The van der Waals surface area contributed by atoms with Crippen LogP contribution in [0, 0.1) is 44.9 Å². The molecule has 0 fully saturated rings. The van der Waals surface area contributed by atoms with E-state index in [9.17, 15) is 0 Å². The molecular weight excluding hydrogens is 588 g/mol. The Kier molecular flexibility index (Phi) is 197. The molecule has 0 heterocycles. The summed E-state index contributed by atoms with van der Waals surface area (Å²) in [4.78, 5) is 0. The van der Waals surface area contributed by atoms with E-state index >= 15 is 0 Å². The van der Waals surface area contributed by atoms with Crippen molar-refractivity contribution in [3.8, 4) is 23.9 Å². The molecule has 0 saturated heterocycles. The Morgan fingerprint density at radius 3 is 0.357 bits per heavy atom. The summed E-state index contributed by atoms with van der Waals surface area (Å²) in [5.74, 6) is 3.67. The fourth-order valence-corrected chi connectivity index (χ4v) is 0. The molecule has 0 rings (SSSR count). The van der Waals surface area contributed by atoms with Crippen molar-refractivity contribution >= 4 is 28.5 Å². The summed E-state index contributed by atoms with van der Waals surface area (Å²) in [7, 11) is -9.24. The smallest absolute Gasteiger partial charge is 0.881 e. The van der Waals surface area contributed by atoms with Gasteiger partial charge in [-0.2, -0.15) is 0 Å². The van der Waals surface area contributed by atoms with Crippen molar-refractivity contribution in [3.63, 3.8) is 0 Å². The van der Waals surface area contributed by atoms with Crippen LogP contribution in [0.2, 0.25) is 0 Å². The zero-order chi connectivity index (χ0) is 17.1. The molecule has 0 radical (unpaired) electrons. The Labute approximate surface area is 506 Å². The number of nitriles is 4. The van der Waals surface area contributed by atoms with Gasteiger partial charge in [-0.25, -0.2) is 21.0 Å². The van der Waals surface area contributed by atoms with Gasteiger partial charge in [-0.05, 0) is 23.9 Å². The Balaban J connectivity index is -0.0000000111. The van der Waals surface area contributed by atoms with Crippen LogP contribution in [0.15, 0.2) is 0 Å². The maximum Gasteiger partial charge on any atom is 1.00 e. The van der Waals surface area contributed by atoms with Crippen molar-refractivity contribution in [1.29, 1.82) is 21.0 Å². The normalized spacial score (nSPS) is 4.14. The average Bonchev–Trinajstić information content (AvgIpc) is 2.40. The first-order valence-electron chi connectivity index (χ1n) is 3.93. The van der Waals surface area contributed by atoms with Crippen LogP contribution in [0.3, 0.4) is 0 Å². The van der Waals surface area contributed by atoms with Gasteiger partial charge in [0.15, 0.2) is 0 Å². The molecule has 12 nitrogen and oxygen atoms in total. The fraction of sp³-hybridized carbons (Fsp3) is 0. The van der Waals surface area contributed by atoms with Crippen molar-refractivity contribution in [3.05, 3.63) is 0 Å². The maximum absolute atomic E-state index is 8.98. The second kappa shape index (κ2) is 71.4. The predicted molar refractivity (Wildman–Crippen MR) is 45.5 cm³/mol. The molecule has 0 aromatic carbocycles. The minimum atomic E-state index is -2.31. The van der Waals surface area contributed by atoms with Crippen molar-refractivity contribution < 1.29 is 451 Å². The Morgan fingerprint density at radius 2 is 0.357 bits per heavy atom. The van der Waals surface area contributed by atoms with E-state index in [0.29, 0.717) is 0 Å². The molecule has 0 aromatic heterocycles. The molecule has 0 amide bonds. The minimum Gasteiger partial charge on any atom is -0.881 e. The van der Waals surface area contributed by atoms with Crippen molar-refractivity contribution in [2.75, 3.05) is 0 Å². The molecule has 0 atom stereocenters. The third-order valence-electron chi connectivity index (χ3n) is 0.422. The van der Waals surface area contributed by atoms with Crippen LogP contribution in [0.5, 0.6) is 0 Å². The van der Waals surface area contributed by atoms with Crippen molar-refractivity contribution in [1.82, 2.24) is 0 Å². The molecule has 0 saturated carbocycles. The van der Waals surface area contributed by atoms with Gasteiger partial charge in [0, 0.05) is 28.5 Å². The second-order valence-corrected chi connectivity index (χ2v) is 1.84. The van der Waals surface area contributed by atoms with Gasteiger partial charge >= 0.3 is 411 Å². The second-order valence-electron chi connectivity index (χ2n) is 1.84. The monoisotopic (exact) mass is 588 g/mol. The van der Waals surface area contributed by atoms with Crippen molar-refractivity contribution in [2.45, 2.75) is 0 Å². The number of hydrogen-bond donors (Lipinski definition) is 0. The maximum atomic E-state index is 8.98. The SMILES string of the molecule is N#CB([O-])[O-].N#CB([O-])[O-].N#CB([O-])[O-].N#CB([O-])[O-].[K+].[K+].[K+].[K+].[K+].[K+].[K+].[K+]. The molecule has 28 heavy (non-hydrogen) atoms. The van der Waals surface area contributed by atoms with Gasteiger partial charge in [0.1, 0.15) is 0 Å². The zero-order valence-electron chi connectivity index (χ0n) is 17.4. The largest absolute Gasteiger partial charge is 1.00 e. The molecule has 0 aliphatic heterocycles. The van der Waals surface area contributed by atoms with Crippen LogP contribution >= 0.6 is 0 Å². The average molecular weight is 588 g/mol. The summed E-state index contributed by atoms with van der Waals surface area (Å²) in [5, 5.41) is 101. The fourth-order valence-electron chi connectivity index (χ4n) is 0. The Bertz CT molecular complexity index is 317. The summed E-state index contributed by atoms with van der Waals surface area (Å²) >= 11 is 0. The molecule has 104 valence electrons. The standard InChI is InChI=1S/4CBNO2.8K/c4*3-1-2(4)5;;;;;;;;/q4*-2;8*+1. The predicted octanol–water partition coefficient (Wildman–Crippen LogP) is -34.9. The van der Waals surface area contributed by atoms with Crippen molar-refractivity contribution in [2.24, 2.45) is 0 Å². The third kappa shape index (κ3) is 133. The third-order valence-corrected chi connectivity index (χ3v) is 0.422. The van der Waals surface area contributed by atoms with E-state index in [-0.39, 0.29) is 411 Å². The molecule has 0 aromatic rings. The minimum absolute atomic E-state index is 0. The quantitative estimate of drug-likeness (QED) is 0.239. The molecule has 0 unspecified atom stereocenters. The van der Waals surface area contributed by atoms with Gasteiger partial charge in [-0.3, -0.25) is 0 Å². The number of rotatable bonds is 0. The van der Waals surface area contributed by atoms with E-state index in [2.05, 4.69) is 0 Å². The Morgan fingerprint density at radius 1 is 0.321 bits per heavy atom. The summed E-state index contributed by atoms with van der Waals surface area (Å²) in [6.45, 7) is 0. The van der Waals surface area contributed by atoms with Gasteiger partial charge in [0.25, 0.3) is 0 Å². The molecule has 0 spiro atoms. The van der Waals surface area contributed by atoms with Gasteiger partial charge in [0.2, 0.25) is 0 Å². The molecule has 0 N–H and O–H groups in total. The summed E-state index contributed by atoms with van der Waals surface area (Å²) in [5.41, 5.74) is 0. The first-order valence-corrected chi connectivity index (χ1v) is 3.93. The molecule has 0 aliphatic carbocycles. The molecule has 0 bridgehead atoms. The van der Waals surface area contributed by atoms with E-state index in [1.807, 2.05) is 0 Å². The van der Waals surface area contributed by atoms with Crippen LogP contribution in [0.25, 0.3) is 0 Å². The first-order chi connectivity index (χ1) is 9.08. The van der Waals surface area contributed by atoms with Crippen LogP contribution in [-0.4, -0.2) is 28.5 Å². The van der Waals surface area contributed by atoms with Gasteiger partial charge in [0.05, 0.1) is 0 Å². The van der Waals surface area contributed by atoms with Gasteiger partial charge < -0.3 is 40.2 Å². The van der Waals surface area contributed by atoms with Crippen LogP contribution in [0.4, 0.5) is 0 Å². The van der Waals surface area contributed by atoms with Crippen LogP contribution < -0.4 is 451 Å². The number of nitrogens with zero attached hydrogens (tertiary/aromatic N) is 4. The molecular formula is C4B4K8N4O8. The van der Waals surface area contributed by atoms with Crippen LogP contribution in [0.1, 0.15) is 0 Å². The Hall–Kier alpha value is 11.0. The van der Waals surface area contributed by atoms with Gasteiger partial charge in [-0.1, -0.05) is 0 Å². The van der Waals surface area contributed by atoms with E-state index in [1.54, 1.807) is 0 Å². The zero-order valence-corrected chi connectivity index (χ0v) is 42.3. The number of hydrogen-bond acceptors (Lipinski definition) is 12. The summed E-state index contributed by atoms with van der Waals surface area (Å²) in [6.07, 6.45) is 0. The summed E-state index contributed by atoms with van der Waals surface area (Å²) in [6, 6.07) is 0. The van der Waals surface area contributed by atoms with E-state index < -0.39 is 28.5 Å². The van der Waals surface area contributed by atoms with Crippen LogP contribution in [-0.2, 0) is 0 Å². The first kappa shape index (κ1) is 77.2. The topological polar surface area (TPSA) is 280 Å². The molecule has 24 heteroatoms. The van der Waals surface area contributed by atoms with E-state index in [1.165, 1.54) is 0 Å².